The van der Waals surface area contributed by atoms with Crippen LogP contribution < -0.4 is 0 Å². The molecule has 216 valence electrons. The third-order valence-electron chi connectivity index (χ3n) is 7.28. The number of hydrogen-bond acceptors (Lipinski definition) is 4. The van der Waals surface area contributed by atoms with Crippen molar-refractivity contribution in [1.29, 1.82) is 21.0 Å². The van der Waals surface area contributed by atoms with Crippen molar-refractivity contribution in [2.45, 2.75) is 0 Å². The second kappa shape index (κ2) is 11.4. The van der Waals surface area contributed by atoms with Crippen LogP contribution in [0.4, 0.5) is 27.6 Å². The van der Waals surface area contributed by atoms with E-state index in [4.69, 9.17) is 31.6 Å². The van der Waals surface area contributed by atoms with Crippen LogP contribution in [0.3, 0.4) is 0 Å². The minimum Gasteiger partial charge on any atom is -0.237 e. The average molecular weight is 620 g/mol. The highest BCUT2D eigenvalue weighted by Gasteiger charge is 2.41. The maximum absolute atomic E-state index is 17.0. The molecule has 0 saturated heterocycles. The molecule has 0 amide bonds. The summed E-state index contributed by atoms with van der Waals surface area (Å²) >= 11 is 0. The van der Waals surface area contributed by atoms with Crippen LogP contribution in [-0.4, -0.2) is 0 Å². The van der Waals surface area contributed by atoms with E-state index in [2.05, 4.69) is 19.4 Å². The van der Waals surface area contributed by atoms with E-state index in [1.54, 1.807) is 12.1 Å². The summed E-state index contributed by atoms with van der Waals surface area (Å²) in [5, 5.41) is 39.0. The average Bonchev–Trinajstić information content (AvgIpc) is 3.57. The predicted octanol–water partition coefficient (Wildman–Crippen LogP) is 8.36. The van der Waals surface area contributed by atoms with Crippen molar-refractivity contribution in [2.75, 3.05) is 0 Å². The first-order valence-electron chi connectivity index (χ1n) is 12.5. The standard InChI is InChI=1S/C34H5F5N8/c1-44-24-9-22(37)17(8-23(24)38)30-28(25(12-42)45-2)18-6-15-19(11-41)27(16-7-20(35)14(10-40)5-21(16)36)32(26(13-43)46-3)29(15)33(39)31(18)34(30)47-4/h5-9H/b28-25-,32-26-. The molecule has 2 aliphatic rings. The molecule has 0 saturated carbocycles. The number of nitrogens with zero attached hydrogens (tertiary/aromatic N) is 8. The maximum Gasteiger partial charge on any atom is 0.270 e. The van der Waals surface area contributed by atoms with Crippen LogP contribution in [-0.2, 0) is 0 Å². The molecule has 13 heteroatoms. The smallest absolute Gasteiger partial charge is 0.237 e. The van der Waals surface area contributed by atoms with Crippen LogP contribution in [0.25, 0.3) is 52.9 Å². The van der Waals surface area contributed by atoms with E-state index < -0.39 is 119 Å². The second-order valence-electron chi connectivity index (χ2n) is 9.45. The number of benzene rings is 3. The fourth-order valence-corrected chi connectivity index (χ4v) is 5.44. The summed E-state index contributed by atoms with van der Waals surface area (Å²) in [6.45, 7) is 30.0. The van der Waals surface area contributed by atoms with Crippen LogP contribution in [0.5, 0.6) is 0 Å². The molecule has 0 radical (unpaired) electrons. The van der Waals surface area contributed by atoms with Crippen molar-refractivity contribution in [3.63, 3.8) is 0 Å². The van der Waals surface area contributed by atoms with Gasteiger partial charge in [-0.15, -0.1) is 0 Å². The van der Waals surface area contributed by atoms with E-state index in [9.17, 15) is 24.6 Å². The molecular formula is C34H5F5N8. The lowest BCUT2D eigenvalue weighted by atomic mass is 9.91. The maximum atomic E-state index is 17.0. The number of hydrogen-bond donors (Lipinski definition) is 0. The summed E-state index contributed by atoms with van der Waals surface area (Å²) in [7, 11) is 0. The highest BCUT2D eigenvalue weighted by molar-refractivity contribution is 6.29. The van der Waals surface area contributed by atoms with Crippen molar-refractivity contribution in [3.05, 3.63) is 155 Å². The van der Waals surface area contributed by atoms with Gasteiger partial charge in [0.05, 0.1) is 49.6 Å². The van der Waals surface area contributed by atoms with Gasteiger partial charge in [-0.1, -0.05) is 0 Å². The molecule has 0 N–H and O–H groups in total. The summed E-state index contributed by atoms with van der Waals surface area (Å²) in [4.78, 5) is 12.3. The van der Waals surface area contributed by atoms with Gasteiger partial charge in [-0.05, 0) is 47.0 Å². The van der Waals surface area contributed by atoms with E-state index in [0.29, 0.717) is 24.3 Å². The number of halogens is 5. The van der Waals surface area contributed by atoms with E-state index >= 15 is 13.2 Å². The highest BCUT2D eigenvalue weighted by atomic mass is 19.1. The Bertz CT molecular complexity index is 2520. The van der Waals surface area contributed by atoms with Gasteiger partial charge in [-0.2, -0.15) is 10.5 Å². The molecule has 3 aromatic rings. The minimum atomic E-state index is -1.42. The molecule has 2 aliphatic carbocycles. The highest BCUT2D eigenvalue weighted by Crippen LogP contribution is 2.57. The lowest BCUT2D eigenvalue weighted by molar-refractivity contribution is 0.594. The van der Waals surface area contributed by atoms with Crippen LogP contribution >= 0.6 is 0 Å². The van der Waals surface area contributed by atoms with Gasteiger partial charge in [0.15, 0.2) is 0 Å². The van der Waals surface area contributed by atoms with Crippen LogP contribution in [0, 0.1) is 101 Å². The van der Waals surface area contributed by atoms with Gasteiger partial charge < -0.3 is 0 Å². The summed E-state index contributed by atoms with van der Waals surface area (Å²) < 4.78 is 77.2. The van der Waals surface area contributed by atoms with Gasteiger partial charge in [0.1, 0.15) is 41.2 Å². The van der Waals surface area contributed by atoms with Crippen molar-refractivity contribution in [1.82, 2.24) is 0 Å². The first-order chi connectivity index (χ1) is 22.6. The monoisotopic (exact) mass is 620 g/mol. The molecule has 47 heavy (non-hydrogen) atoms. The molecule has 0 aromatic heterocycles. The lowest BCUT2D eigenvalue weighted by Crippen LogP contribution is -2.01. The van der Waals surface area contributed by atoms with Gasteiger partial charge in [-0.3, -0.25) is 0 Å². The molecular weight excluding hydrogens is 615 g/mol. The Hall–Kier alpha value is -7.81. The van der Waals surface area contributed by atoms with Gasteiger partial charge in [0, 0.05) is 39.0 Å². The zero-order chi connectivity index (χ0) is 34.3. The Kier molecular flexibility index (Phi) is 7.41. The van der Waals surface area contributed by atoms with E-state index in [0.717, 1.165) is 6.07 Å². The van der Waals surface area contributed by atoms with Gasteiger partial charge in [0.2, 0.25) is 11.4 Å². The van der Waals surface area contributed by atoms with Crippen molar-refractivity contribution < 1.29 is 22.0 Å². The van der Waals surface area contributed by atoms with Gasteiger partial charge >= 0.3 is 0 Å². The quantitative estimate of drug-likeness (QED) is 0.163. The van der Waals surface area contributed by atoms with Crippen LogP contribution in [0.1, 0.15) is 38.9 Å². The summed E-state index contributed by atoms with van der Waals surface area (Å²) in [6.07, 6.45) is 0. The zero-order valence-electron chi connectivity index (χ0n) is 22.9. The zero-order valence-corrected chi connectivity index (χ0v) is 22.9. The predicted molar refractivity (Wildman–Crippen MR) is 154 cm³/mol. The third kappa shape index (κ3) is 4.27. The van der Waals surface area contributed by atoms with Gasteiger partial charge in [0.25, 0.3) is 11.4 Å². The summed E-state index contributed by atoms with van der Waals surface area (Å²) in [5.74, 6) is -6.41. The molecule has 0 aliphatic heterocycles. The van der Waals surface area contributed by atoms with Crippen molar-refractivity contribution in [3.8, 4) is 24.3 Å². The Morgan fingerprint density at radius 1 is 0.574 bits per heavy atom. The second-order valence-corrected chi connectivity index (χ2v) is 9.45. The lowest BCUT2D eigenvalue weighted by Gasteiger charge is -2.14. The largest absolute Gasteiger partial charge is 0.270 e. The molecule has 0 spiro atoms. The number of nitriles is 4. The first kappa shape index (κ1) is 30.6. The molecule has 0 heterocycles. The molecule has 0 bridgehead atoms. The fourth-order valence-electron chi connectivity index (χ4n) is 5.44. The number of allylic oxidation sites excluding steroid dienone is 7. The van der Waals surface area contributed by atoms with Crippen molar-refractivity contribution in [2.24, 2.45) is 0 Å². The van der Waals surface area contributed by atoms with E-state index in [1.807, 2.05) is 0 Å². The fraction of sp³-hybridized carbons (Fsp3) is 0. The number of fused-ring (bicyclic) bond motifs is 2. The molecule has 5 rings (SSSR count). The molecule has 0 unspecified atom stereocenters. The summed E-state index contributed by atoms with van der Waals surface area (Å²) in [6, 6.07) is 9.35. The third-order valence-corrected chi connectivity index (χ3v) is 7.28. The Morgan fingerprint density at radius 2 is 1.17 bits per heavy atom. The van der Waals surface area contributed by atoms with E-state index in [1.165, 1.54) is 12.1 Å². The molecule has 0 fully saturated rings. The molecule has 8 nitrogen and oxygen atoms in total. The molecule has 3 aromatic carbocycles. The normalized spacial score (nSPS) is 14.7. The SMILES string of the molecule is [C-]#[N+]C1=C(c2cc(F)c([N+]#[C-])cc2F)/C(=C(/C#N)[N+]#[C-])c2cc3c(c(F)c21)/C(=C(/C#N)[N+]#[C-])C(c1cc(F)c(C#N)cc1F)=C3C#N. The van der Waals surface area contributed by atoms with Gasteiger partial charge in [-0.25, -0.2) is 51.9 Å². The van der Waals surface area contributed by atoms with Crippen molar-refractivity contribution >= 4 is 39.2 Å². The number of rotatable bonds is 2. The van der Waals surface area contributed by atoms with Crippen LogP contribution in [0.2, 0.25) is 0 Å². The summed E-state index contributed by atoms with van der Waals surface area (Å²) in [5.41, 5.74) is -10.4. The molecule has 0 atom stereocenters. The van der Waals surface area contributed by atoms with E-state index in [-0.39, 0.29) is 0 Å². The minimum absolute atomic E-state index is 0.412. The first-order valence-corrected chi connectivity index (χ1v) is 12.5. The van der Waals surface area contributed by atoms with Crippen LogP contribution in [0.15, 0.2) is 41.7 Å². The topological polar surface area (TPSA) is 113 Å². The Labute approximate surface area is 261 Å². The Balaban J connectivity index is 2.00. The Morgan fingerprint density at radius 3 is 1.72 bits per heavy atom.